The highest BCUT2D eigenvalue weighted by Crippen LogP contribution is 2.29. The number of hydrogen-bond donors (Lipinski definition) is 1. The van der Waals surface area contributed by atoms with Gasteiger partial charge < -0.3 is 9.84 Å². The Morgan fingerprint density at radius 3 is 2.71 bits per heavy atom. The summed E-state index contributed by atoms with van der Waals surface area (Å²) in [7, 11) is 1.36. The van der Waals surface area contributed by atoms with E-state index in [0.717, 1.165) is 0 Å². The van der Waals surface area contributed by atoms with Crippen molar-refractivity contribution >= 4 is 17.6 Å². The molecule has 5 heteroatoms. The number of carboxylic acids is 1. The van der Waals surface area contributed by atoms with Crippen LogP contribution in [-0.4, -0.2) is 18.2 Å². The molecule has 14 heavy (non-hydrogen) atoms. The van der Waals surface area contributed by atoms with E-state index in [9.17, 15) is 4.79 Å². The van der Waals surface area contributed by atoms with Gasteiger partial charge in [-0.2, -0.15) is 5.26 Å². The first-order valence-electron chi connectivity index (χ1n) is 3.61. The van der Waals surface area contributed by atoms with Crippen LogP contribution in [0.1, 0.15) is 15.9 Å². The maximum Gasteiger partial charge on any atom is 0.335 e. The van der Waals surface area contributed by atoms with Gasteiger partial charge in [0, 0.05) is 0 Å². The van der Waals surface area contributed by atoms with Crippen molar-refractivity contribution in [2.45, 2.75) is 0 Å². The van der Waals surface area contributed by atoms with Crippen LogP contribution in [0, 0.1) is 11.3 Å². The molecule has 0 amide bonds. The lowest BCUT2D eigenvalue weighted by Crippen LogP contribution is -1.99. The lowest BCUT2D eigenvalue weighted by molar-refractivity contribution is 0.0697. The SMILES string of the molecule is COc1c(Cl)cc(C(=O)O)cc1C#N. The molecule has 0 radical (unpaired) electrons. The summed E-state index contributed by atoms with van der Waals surface area (Å²) in [4.78, 5) is 10.6. The van der Waals surface area contributed by atoms with Crippen LogP contribution in [0.3, 0.4) is 0 Å². The molecular formula is C9H6ClNO3. The van der Waals surface area contributed by atoms with Gasteiger partial charge >= 0.3 is 5.97 Å². The zero-order chi connectivity index (χ0) is 10.7. The number of nitrogens with zero attached hydrogens (tertiary/aromatic N) is 1. The Labute approximate surface area is 85.3 Å². The Kier molecular flexibility index (Phi) is 2.95. The van der Waals surface area contributed by atoms with Gasteiger partial charge in [0.1, 0.15) is 6.07 Å². The molecule has 0 spiro atoms. The van der Waals surface area contributed by atoms with E-state index >= 15 is 0 Å². The third kappa shape index (κ3) is 1.78. The van der Waals surface area contributed by atoms with Crippen molar-refractivity contribution in [3.8, 4) is 11.8 Å². The van der Waals surface area contributed by atoms with E-state index in [-0.39, 0.29) is 21.9 Å². The zero-order valence-corrected chi connectivity index (χ0v) is 8.00. The Hall–Kier alpha value is -1.73. The van der Waals surface area contributed by atoms with Gasteiger partial charge in [0.2, 0.25) is 0 Å². The second kappa shape index (κ2) is 3.99. The first-order valence-corrected chi connectivity index (χ1v) is 3.99. The van der Waals surface area contributed by atoms with E-state index in [4.69, 9.17) is 26.7 Å². The van der Waals surface area contributed by atoms with Gasteiger partial charge in [0.05, 0.1) is 23.3 Å². The molecule has 1 rings (SSSR count). The van der Waals surface area contributed by atoms with E-state index in [1.807, 2.05) is 6.07 Å². The average Bonchev–Trinajstić information content (AvgIpc) is 2.16. The number of carbonyl (C=O) groups is 1. The second-order valence-electron chi connectivity index (χ2n) is 2.46. The van der Waals surface area contributed by atoms with Crippen LogP contribution in [0.2, 0.25) is 5.02 Å². The van der Waals surface area contributed by atoms with Crippen LogP contribution in [-0.2, 0) is 0 Å². The Morgan fingerprint density at radius 2 is 2.29 bits per heavy atom. The van der Waals surface area contributed by atoms with Crippen molar-refractivity contribution in [3.63, 3.8) is 0 Å². The fourth-order valence-corrected chi connectivity index (χ4v) is 1.30. The summed E-state index contributed by atoms with van der Waals surface area (Å²) >= 11 is 5.72. The van der Waals surface area contributed by atoms with Crippen LogP contribution < -0.4 is 4.74 Å². The highest BCUT2D eigenvalue weighted by molar-refractivity contribution is 6.32. The van der Waals surface area contributed by atoms with Crippen molar-refractivity contribution < 1.29 is 14.6 Å². The van der Waals surface area contributed by atoms with Crippen LogP contribution in [0.4, 0.5) is 0 Å². The van der Waals surface area contributed by atoms with Gasteiger partial charge in [-0.05, 0) is 12.1 Å². The predicted octanol–water partition coefficient (Wildman–Crippen LogP) is 1.92. The van der Waals surface area contributed by atoms with Gasteiger partial charge in [-0.15, -0.1) is 0 Å². The third-order valence-corrected chi connectivity index (χ3v) is 1.90. The number of benzene rings is 1. The maximum absolute atomic E-state index is 10.6. The van der Waals surface area contributed by atoms with E-state index < -0.39 is 5.97 Å². The quantitative estimate of drug-likeness (QED) is 0.811. The van der Waals surface area contributed by atoms with E-state index in [0.29, 0.717) is 0 Å². The minimum Gasteiger partial charge on any atom is -0.494 e. The summed E-state index contributed by atoms with van der Waals surface area (Å²) in [6, 6.07) is 4.26. The third-order valence-electron chi connectivity index (χ3n) is 1.62. The molecule has 0 aliphatic rings. The molecule has 0 aliphatic carbocycles. The number of methoxy groups -OCH3 is 1. The molecular weight excluding hydrogens is 206 g/mol. The number of aromatic carboxylic acids is 1. The molecule has 1 aromatic rings. The van der Waals surface area contributed by atoms with Crippen molar-refractivity contribution in [2.75, 3.05) is 7.11 Å². The second-order valence-corrected chi connectivity index (χ2v) is 2.86. The number of rotatable bonds is 2. The molecule has 0 saturated heterocycles. The molecule has 0 aromatic heterocycles. The normalized spacial score (nSPS) is 9.21. The minimum absolute atomic E-state index is 0.0349. The summed E-state index contributed by atoms with van der Waals surface area (Å²) in [6.07, 6.45) is 0. The number of ether oxygens (including phenoxy) is 1. The Morgan fingerprint density at radius 1 is 1.64 bits per heavy atom. The summed E-state index contributed by atoms with van der Waals surface area (Å²) in [5.74, 6) is -0.940. The number of nitriles is 1. The number of carboxylic acid groups (broad SMARTS) is 1. The topological polar surface area (TPSA) is 70.3 Å². The van der Waals surface area contributed by atoms with Crippen molar-refractivity contribution in [1.29, 1.82) is 5.26 Å². The highest BCUT2D eigenvalue weighted by Gasteiger charge is 2.13. The van der Waals surface area contributed by atoms with Gasteiger partial charge in [0.25, 0.3) is 0 Å². The van der Waals surface area contributed by atoms with Crippen LogP contribution in [0.25, 0.3) is 0 Å². The van der Waals surface area contributed by atoms with Gasteiger partial charge in [-0.1, -0.05) is 11.6 Å². The molecule has 4 nitrogen and oxygen atoms in total. The van der Waals surface area contributed by atoms with Crippen molar-refractivity contribution in [2.24, 2.45) is 0 Å². The van der Waals surface area contributed by atoms with E-state index in [2.05, 4.69) is 0 Å². The molecule has 0 saturated carbocycles. The Balaban J connectivity index is 3.41. The predicted molar refractivity (Wildman–Crippen MR) is 49.7 cm³/mol. The Bertz CT molecular complexity index is 423. The summed E-state index contributed by atoms with van der Waals surface area (Å²) < 4.78 is 4.85. The van der Waals surface area contributed by atoms with Crippen molar-refractivity contribution in [1.82, 2.24) is 0 Å². The fourth-order valence-electron chi connectivity index (χ4n) is 1.01. The van der Waals surface area contributed by atoms with Crippen LogP contribution in [0.5, 0.6) is 5.75 Å². The lowest BCUT2D eigenvalue weighted by atomic mass is 10.1. The van der Waals surface area contributed by atoms with E-state index in [1.165, 1.54) is 19.2 Å². The summed E-state index contributed by atoms with van der Waals surface area (Å²) in [6.45, 7) is 0. The maximum atomic E-state index is 10.6. The molecule has 0 unspecified atom stereocenters. The number of halogens is 1. The standard InChI is InChI=1S/C9H6ClNO3/c1-14-8-6(4-11)2-5(9(12)13)3-7(8)10/h2-3H,1H3,(H,12,13). The smallest absolute Gasteiger partial charge is 0.335 e. The zero-order valence-electron chi connectivity index (χ0n) is 7.24. The molecule has 1 N–H and O–H groups in total. The van der Waals surface area contributed by atoms with Crippen molar-refractivity contribution in [3.05, 3.63) is 28.3 Å². The molecule has 0 bridgehead atoms. The fraction of sp³-hybridized carbons (Fsp3) is 0.111. The van der Waals surface area contributed by atoms with Gasteiger partial charge in [-0.3, -0.25) is 0 Å². The van der Waals surface area contributed by atoms with Gasteiger partial charge in [-0.25, -0.2) is 4.79 Å². The molecule has 72 valence electrons. The number of hydrogen-bond acceptors (Lipinski definition) is 3. The largest absolute Gasteiger partial charge is 0.494 e. The van der Waals surface area contributed by atoms with Crippen LogP contribution in [0.15, 0.2) is 12.1 Å². The first-order chi connectivity index (χ1) is 6.60. The minimum atomic E-state index is -1.13. The molecule has 0 heterocycles. The average molecular weight is 212 g/mol. The first kappa shape index (κ1) is 10.4. The molecule has 0 aliphatic heterocycles. The van der Waals surface area contributed by atoms with E-state index in [1.54, 1.807) is 0 Å². The lowest BCUT2D eigenvalue weighted by Gasteiger charge is -2.05. The molecule has 0 fully saturated rings. The molecule has 1 aromatic carbocycles. The summed E-state index contributed by atoms with van der Waals surface area (Å²) in [5, 5.41) is 17.5. The summed E-state index contributed by atoms with van der Waals surface area (Å²) in [5.41, 5.74) is 0.0738. The highest BCUT2D eigenvalue weighted by atomic mass is 35.5. The molecule has 0 atom stereocenters. The van der Waals surface area contributed by atoms with Gasteiger partial charge in [0.15, 0.2) is 5.75 Å². The van der Waals surface area contributed by atoms with Crippen LogP contribution >= 0.6 is 11.6 Å². The monoisotopic (exact) mass is 211 g/mol.